The number of carbonyl (C=O) groups excluding carboxylic acids is 1. The number of thiazole rings is 1. The topological polar surface area (TPSA) is 51.2 Å². The van der Waals surface area contributed by atoms with Gasteiger partial charge in [-0.3, -0.25) is 4.79 Å². The lowest BCUT2D eigenvalue weighted by molar-refractivity contribution is -0.116. The molecule has 0 aliphatic heterocycles. The fraction of sp³-hybridized carbons (Fsp3) is 0.273. The van der Waals surface area contributed by atoms with Gasteiger partial charge in [-0.05, 0) is 50.0 Å². The van der Waals surface area contributed by atoms with Crippen LogP contribution in [0.15, 0.2) is 54.6 Å². The van der Waals surface area contributed by atoms with Crippen LogP contribution in [-0.4, -0.2) is 17.0 Å². The van der Waals surface area contributed by atoms with Gasteiger partial charge in [-0.25, -0.2) is 4.98 Å². The van der Waals surface area contributed by atoms with Crippen LogP contribution in [0, 0.1) is 0 Å². The lowest BCUT2D eigenvalue weighted by Gasteiger charge is -2.16. The van der Waals surface area contributed by atoms with Crippen LogP contribution in [0.25, 0.3) is 16.3 Å². The smallest absolute Gasteiger partial charge is 0.244 e. The first-order valence-electron chi connectivity index (χ1n) is 9.34. The summed E-state index contributed by atoms with van der Waals surface area (Å²) in [6, 6.07) is 15.9. The van der Waals surface area contributed by atoms with Gasteiger partial charge in [-0.2, -0.15) is 0 Å². The van der Waals surface area contributed by atoms with Crippen molar-refractivity contribution in [3.63, 3.8) is 0 Å². The summed E-state index contributed by atoms with van der Waals surface area (Å²) in [7, 11) is 0. The van der Waals surface area contributed by atoms with Gasteiger partial charge in [-0.15, -0.1) is 11.3 Å². The van der Waals surface area contributed by atoms with Crippen molar-refractivity contribution >= 4 is 33.5 Å². The second-order valence-corrected chi connectivity index (χ2v) is 7.77. The minimum Gasteiger partial charge on any atom is -0.490 e. The van der Waals surface area contributed by atoms with Crippen LogP contribution in [0.5, 0.6) is 5.75 Å². The number of rotatable bonds is 6. The number of hydrogen-bond donors (Lipinski definition) is 1. The SMILES string of the molecule is O=C(C=Cc1nc2ccccc2s1)NCc1ccccc1OC1CCCC1. The molecule has 1 amide bonds. The van der Waals surface area contributed by atoms with E-state index in [1.165, 1.54) is 18.9 Å². The third-order valence-corrected chi connectivity index (χ3v) is 5.71. The molecule has 2 aromatic carbocycles. The van der Waals surface area contributed by atoms with E-state index in [0.29, 0.717) is 12.6 Å². The Morgan fingerprint density at radius 3 is 2.78 bits per heavy atom. The molecular weight excluding hydrogens is 356 g/mol. The van der Waals surface area contributed by atoms with Crippen LogP contribution < -0.4 is 10.1 Å². The van der Waals surface area contributed by atoms with Crippen LogP contribution in [0.1, 0.15) is 36.3 Å². The van der Waals surface area contributed by atoms with Crippen LogP contribution in [0.4, 0.5) is 0 Å². The minimum atomic E-state index is -0.134. The fourth-order valence-electron chi connectivity index (χ4n) is 3.30. The summed E-state index contributed by atoms with van der Waals surface area (Å²) in [5, 5.41) is 3.77. The van der Waals surface area contributed by atoms with Crippen molar-refractivity contribution in [2.75, 3.05) is 0 Å². The Balaban J connectivity index is 1.36. The number of aromatic nitrogens is 1. The molecule has 0 radical (unpaired) electrons. The largest absolute Gasteiger partial charge is 0.490 e. The Bertz CT molecular complexity index is 925. The second-order valence-electron chi connectivity index (χ2n) is 6.70. The summed E-state index contributed by atoms with van der Waals surface area (Å²) >= 11 is 1.58. The summed E-state index contributed by atoms with van der Waals surface area (Å²) in [5.41, 5.74) is 1.96. The van der Waals surface area contributed by atoms with Crippen molar-refractivity contribution in [1.82, 2.24) is 10.3 Å². The number of amides is 1. The summed E-state index contributed by atoms with van der Waals surface area (Å²) < 4.78 is 7.24. The zero-order valence-electron chi connectivity index (χ0n) is 15.1. The monoisotopic (exact) mass is 378 g/mol. The molecule has 4 nitrogen and oxygen atoms in total. The molecule has 0 bridgehead atoms. The quantitative estimate of drug-likeness (QED) is 0.618. The highest BCUT2D eigenvalue weighted by Gasteiger charge is 2.17. The molecule has 0 spiro atoms. The van der Waals surface area contributed by atoms with Crippen molar-refractivity contribution in [3.05, 3.63) is 65.2 Å². The molecule has 1 N–H and O–H groups in total. The number of fused-ring (bicyclic) bond motifs is 1. The fourth-order valence-corrected chi connectivity index (χ4v) is 4.17. The van der Waals surface area contributed by atoms with Gasteiger partial charge in [0.2, 0.25) is 5.91 Å². The molecule has 5 heteroatoms. The van der Waals surface area contributed by atoms with Crippen molar-refractivity contribution in [2.24, 2.45) is 0 Å². The average Bonchev–Trinajstić information content (AvgIpc) is 3.34. The van der Waals surface area contributed by atoms with Crippen molar-refractivity contribution < 1.29 is 9.53 Å². The average molecular weight is 378 g/mol. The Morgan fingerprint density at radius 2 is 1.93 bits per heavy atom. The molecule has 1 heterocycles. The number of nitrogens with zero attached hydrogens (tertiary/aromatic N) is 1. The Kier molecular flexibility index (Phi) is 5.49. The summed E-state index contributed by atoms with van der Waals surface area (Å²) in [4.78, 5) is 16.7. The van der Waals surface area contributed by atoms with Gasteiger partial charge in [-0.1, -0.05) is 30.3 Å². The number of para-hydroxylation sites is 2. The first kappa shape index (κ1) is 17.7. The van der Waals surface area contributed by atoms with Crippen molar-refractivity contribution in [3.8, 4) is 5.75 Å². The van der Waals surface area contributed by atoms with E-state index >= 15 is 0 Å². The van der Waals surface area contributed by atoms with Crippen LogP contribution >= 0.6 is 11.3 Å². The Morgan fingerprint density at radius 1 is 1.15 bits per heavy atom. The van der Waals surface area contributed by atoms with Gasteiger partial charge in [0.25, 0.3) is 0 Å². The number of hydrogen-bond acceptors (Lipinski definition) is 4. The Labute approximate surface area is 162 Å². The normalized spacial score (nSPS) is 14.8. The predicted molar refractivity (Wildman–Crippen MR) is 110 cm³/mol. The van der Waals surface area contributed by atoms with Crippen LogP contribution in [0.2, 0.25) is 0 Å². The van der Waals surface area contributed by atoms with Gasteiger partial charge in [0.15, 0.2) is 0 Å². The third-order valence-electron chi connectivity index (χ3n) is 4.71. The van der Waals surface area contributed by atoms with Crippen molar-refractivity contribution in [1.29, 1.82) is 0 Å². The van der Waals surface area contributed by atoms with Gasteiger partial charge in [0, 0.05) is 18.2 Å². The van der Waals surface area contributed by atoms with E-state index in [1.54, 1.807) is 17.4 Å². The van der Waals surface area contributed by atoms with Gasteiger partial charge < -0.3 is 10.1 Å². The number of ether oxygens (including phenoxy) is 1. The molecule has 0 unspecified atom stereocenters. The van der Waals surface area contributed by atoms with Gasteiger partial charge >= 0.3 is 0 Å². The molecule has 1 saturated carbocycles. The molecule has 4 rings (SSSR count). The molecule has 3 aromatic rings. The molecule has 1 aromatic heterocycles. The molecule has 0 atom stereocenters. The third kappa shape index (κ3) is 4.55. The van der Waals surface area contributed by atoms with Gasteiger partial charge in [0.05, 0.1) is 16.3 Å². The highest BCUT2D eigenvalue weighted by Crippen LogP contribution is 2.26. The van der Waals surface area contributed by atoms with E-state index in [2.05, 4.69) is 10.3 Å². The maximum atomic E-state index is 12.2. The zero-order chi connectivity index (χ0) is 18.5. The first-order valence-corrected chi connectivity index (χ1v) is 10.2. The zero-order valence-corrected chi connectivity index (χ0v) is 15.9. The summed E-state index contributed by atoms with van der Waals surface area (Å²) in [5.74, 6) is 0.741. The highest BCUT2D eigenvalue weighted by molar-refractivity contribution is 7.19. The van der Waals surface area contributed by atoms with E-state index < -0.39 is 0 Å². The molecular formula is C22H22N2O2S. The van der Waals surface area contributed by atoms with E-state index in [-0.39, 0.29) is 5.91 Å². The number of nitrogens with one attached hydrogen (secondary N) is 1. The molecule has 1 aliphatic rings. The van der Waals surface area contributed by atoms with Crippen molar-refractivity contribution in [2.45, 2.75) is 38.3 Å². The highest BCUT2D eigenvalue weighted by atomic mass is 32.1. The number of benzene rings is 2. The minimum absolute atomic E-state index is 0.134. The van der Waals surface area contributed by atoms with E-state index in [4.69, 9.17) is 4.74 Å². The lowest BCUT2D eigenvalue weighted by atomic mass is 10.2. The molecule has 0 saturated heterocycles. The predicted octanol–water partition coefficient (Wildman–Crippen LogP) is 4.95. The molecule has 1 aliphatic carbocycles. The first-order chi connectivity index (χ1) is 13.3. The number of carbonyl (C=O) groups is 1. The van der Waals surface area contributed by atoms with E-state index in [9.17, 15) is 4.79 Å². The maximum absolute atomic E-state index is 12.2. The van der Waals surface area contributed by atoms with E-state index in [0.717, 1.165) is 39.4 Å². The lowest BCUT2D eigenvalue weighted by Crippen LogP contribution is -2.21. The van der Waals surface area contributed by atoms with Crippen LogP contribution in [0.3, 0.4) is 0 Å². The second kappa shape index (κ2) is 8.35. The standard InChI is InChI=1S/C22H22N2O2S/c25-21(13-14-22-24-18-10-4-6-12-20(18)27-22)23-15-16-7-1-5-11-19(16)26-17-8-2-3-9-17/h1,4-7,10-14,17H,2-3,8-9,15H2,(H,23,25). The molecule has 138 valence electrons. The Hall–Kier alpha value is -2.66. The van der Waals surface area contributed by atoms with E-state index in [1.807, 2.05) is 48.5 Å². The molecule has 27 heavy (non-hydrogen) atoms. The molecule has 1 fully saturated rings. The summed E-state index contributed by atoms with van der Waals surface area (Å²) in [6.07, 6.45) is 8.32. The summed E-state index contributed by atoms with van der Waals surface area (Å²) in [6.45, 7) is 0.450. The maximum Gasteiger partial charge on any atom is 0.244 e. The van der Waals surface area contributed by atoms with Crippen LogP contribution in [-0.2, 0) is 11.3 Å². The van der Waals surface area contributed by atoms with Gasteiger partial charge in [0.1, 0.15) is 10.8 Å².